The molecule has 0 aliphatic carbocycles. The van der Waals surface area contributed by atoms with Crippen molar-refractivity contribution in [1.29, 1.82) is 0 Å². The molecule has 6 nitrogen and oxygen atoms in total. The van der Waals surface area contributed by atoms with Gasteiger partial charge in [-0.3, -0.25) is 4.79 Å². The summed E-state index contributed by atoms with van der Waals surface area (Å²) in [5.74, 6) is 1.21. The van der Waals surface area contributed by atoms with Crippen molar-refractivity contribution in [2.75, 3.05) is 38.7 Å². The van der Waals surface area contributed by atoms with E-state index < -0.39 is 0 Å². The topological polar surface area (TPSA) is 58.6 Å². The molecule has 2 aliphatic rings. The standard InChI is InChI=1S/C24H31ClN4O2/c1-28(2)24-26-16-21(18-6-5-7-19(25)14-18)23(27-24)17-9-11-29(12-10-17)22(30)15-20-8-3-4-13-31-20/h5-7,14,16-17,20H,3-4,8-13,15H2,1-2H3/t20-/m0/s1. The number of rotatable bonds is 5. The van der Waals surface area contributed by atoms with E-state index in [1.807, 2.05) is 54.4 Å². The summed E-state index contributed by atoms with van der Waals surface area (Å²) in [5, 5.41) is 0.700. The summed E-state index contributed by atoms with van der Waals surface area (Å²) in [6.45, 7) is 2.30. The zero-order chi connectivity index (χ0) is 21.8. The zero-order valence-corrected chi connectivity index (χ0v) is 19.1. The van der Waals surface area contributed by atoms with E-state index in [9.17, 15) is 4.79 Å². The largest absolute Gasteiger partial charge is 0.378 e. The molecule has 2 saturated heterocycles. The van der Waals surface area contributed by atoms with Gasteiger partial charge in [-0.1, -0.05) is 23.7 Å². The van der Waals surface area contributed by atoms with Gasteiger partial charge >= 0.3 is 0 Å². The van der Waals surface area contributed by atoms with Gasteiger partial charge in [-0.05, 0) is 49.8 Å². The van der Waals surface area contributed by atoms with Crippen LogP contribution >= 0.6 is 11.6 Å². The van der Waals surface area contributed by atoms with Crippen molar-refractivity contribution in [3.63, 3.8) is 0 Å². The fraction of sp³-hybridized carbons (Fsp3) is 0.542. The highest BCUT2D eigenvalue weighted by molar-refractivity contribution is 6.30. The Bertz CT molecular complexity index is 906. The first-order valence-corrected chi connectivity index (χ1v) is 11.6. The monoisotopic (exact) mass is 442 g/mol. The van der Waals surface area contributed by atoms with Crippen LogP contribution in [0.4, 0.5) is 5.95 Å². The third kappa shape index (κ3) is 5.36. The predicted molar refractivity (Wildman–Crippen MR) is 124 cm³/mol. The number of anilines is 1. The van der Waals surface area contributed by atoms with E-state index in [0.29, 0.717) is 17.4 Å². The summed E-state index contributed by atoms with van der Waals surface area (Å²) in [7, 11) is 3.90. The van der Waals surface area contributed by atoms with E-state index in [-0.39, 0.29) is 17.9 Å². The number of nitrogens with zero attached hydrogens (tertiary/aromatic N) is 4. The Morgan fingerprint density at radius 2 is 2.03 bits per heavy atom. The first-order valence-electron chi connectivity index (χ1n) is 11.2. The summed E-state index contributed by atoms with van der Waals surface area (Å²) in [5.41, 5.74) is 3.10. The molecule has 1 aromatic carbocycles. The molecule has 0 unspecified atom stereocenters. The molecule has 1 aromatic heterocycles. The number of hydrogen-bond donors (Lipinski definition) is 0. The molecule has 0 N–H and O–H groups in total. The third-order valence-corrected chi connectivity index (χ3v) is 6.49. The number of aromatic nitrogens is 2. The summed E-state index contributed by atoms with van der Waals surface area (Å²) < 4.78 is 5.76. The molecule has 2 fully saturated rings. The molecule has 7 heteroatoms. The first-order chi connectivity index (χ1) is 15.0. The number of ether oxygens (including phenoxy) is 1. The molecule has 166 valence electrons. The van der Waals surface area contributed by atoms with Crippen molar-refractivity contribution < 1.29 is 9.53 Å². The first kappa shape index (κ1) is 22.0. The fourth-order valence-corrected chi connectivity index (χ4v) is 4.68. The maximum absolute atomic E-state index is 12.8. The van der Waals surface area contributed by atoms with E-state index in [1.165, 1.54) is 0 Å². The van der Waals surface area contributed by atoms with Gasteiger partial charge in [0.1, 0.15) is 0 Å². The van der Waals surface area contributed by atoms with Crippen LogP contribution < -0.4 is 4.90 Å². The molecule has 3 heterocycles. The molecular weight excluding hydrogens is 412 g/mol. The van der Waals surface area contributed by atoms with Gasteiger partial charge in [-0.15, -0.1) is 0 Å². The Morgan fingerprint density at radius 3 is 2.71 bits per heavy atom. The molecule has 0 spiro atoms. The van der Waals surface area contributed by atoms with Crippen LogP contribution in [0.3, 0.4) is 0 Å². The van der Waals surface area contributed by atoms with Crippen LogP contribution in [0, 0.1) is 0 Å². The molecule has 2 aliphatic heterocycles. The minimum atomic E-state index is 0.0953. The molecule has 0 radical (unpaired) electrons. The maximum atomic E-state index is 12.8. The number of carbonyl (C=O) groups is 1. The number of carbonyl (C=O) groups excluding carboxylic acids is 1. The Balaban J connectivity index is 1.49. The minimum absolute atomic E-state index is 0.0953. The van der Waals surface area contributed by atoms with Gasteiger partial charge in [0.25, 0.3) is 0 Å². The van der Waals surface area contributed by atoms with Gasteiger partial charge in [0.05, 0.1) is 18.2 Å². The Morgan fingerprint density at radius 1 is 1.23 bits per heavy atom. The Kier molecular flexibility index (Phi) is 7.08. The summed E-state index contributed by atoms with van der Waals surface area (Å²) in [6, 6.07) is 7.84. The summed E-state index contributed by atoms with van der Waals surface area (Å²) >= 11 is 6.25. The van der Waals surface area contributed by atoms with Gasteiger partial charge < -0.3 is 14.5 Å². The number of piperidine rings is 1. The van der Waals surface area contributed by atoms with Gasteiger partial charge in [0.2, 0.25) is 11.9 Å². The fourth-order valence-electron chi connectivity index (χ4n) is 4.48. The highest BCUT2D eigenvalue weighted by Gasteiger charge is 2.29. The van der Waals surface area contributed by atoms with Gasteiger partial charge in [0.15, 0.2) is 0 Å². The number of hydrogen-bond acceptors (Lipinski definition) is 5. The number of halogens is 1. The van der Waals surface area contributed by atoms with Crippen LogP contribution in [-0.4, -0.2) is 60.7 Å². The normalized spacial score (nSPS) is 20.0. The van der Waals surface area contributed by atoms with Crippen LogP contribution in [0.2, 0.25) is 5.02 Å². The molecule has 1 atom stereocenters. The predicted octanol–water partition coefficient (Wildman–Crippen LogP) is 4.53. The lowest BCUT2D eigenvalue weighted by molar-refractivity contribution is -0.136. The lowest BCUT2D eigenvalue weighted by atomic mass is 9.88. The van der Waals surface area contributed by atoms with Crippen molar-refractivity contribution in [2.24, 2.45) is 0 Å². The van der Waals surface area contributed by atoms with Crippen molar-refractivity contribution in [1.82, 2.24) is 14.9 Å². The highest BCUT2D eigenvalue weighted by Crippen LogP contribution is 2.35. The lowest BCUT2D eigenvalue weighted by Crippen LogP contribution is -2.40. The molecule has 31 heavy (non-hydrogen) atoms. The van der Waals surface area contributed by atoms with Crippen LogP contribution in [0.5, 0.6) is 0 Å². The molecule has 0 bridgehead atoms. The van der Waals surface area contributed by atoms with Crippen molar-refractivity contribution in [2.45, 2.75) is 50.5 Å². The van der Waals surface area contributed by atoms with Crippen LogP contribution in [0.15, 0.2) is 30.5 Å². The second-order valence-electron chi connectivity index (χ2n) is 8.72. The average Bonchev–Trinajstić information content (AvgIpc) is 2.79. The summed E-state index contributed by atoms with van der Waals surface area (Å²) in [6.07, 6.45) is 7.58. The maximum Gasteiger partial charge on any atom is 0.225 e. The quantitative estimate of drug-likeness (QED) is 0.680. The highest BCUT2D eigenvalue weighted by atomic mass is 35.5. The van der Waals surface area contributed by atoms with Crippen LogP contribution in [-0.2, 0) is 9.53 Å². The molecular formula is C24H31ClN4O2. The lowest BCUT2D eigenvalue weighted by Gasteiger charge is -2.34. The average molecular weight is 443 g/mol. The second-order valence-corrected chi connectivity index (χ2v) is 9.16. The van der Waals surface area contributed by atoms with Crippen molar-refractivity contribution >= 4 is 23.5 Å². The zero-order valence-electron chi connectivity index (χ0n) is 18.4. The van der Waals surface area contributed by atoms with Crippen LogP contribution in [0.1, 0.15) is 50.1 Å². The Hall–Kier alpha value is -2.18. The molecule has 1 amide bonds. The SMILES string of the molecule is CN(C)c1ncc(-c2cccc(Cl)c2)c(C2CCN(C(=O)C[C@@H]3CCCCO3)CC2)n1. The van der Waals surface area contributed by atoms with Gasteiger partial charge in [-0.2, -0.15) is 0 Å². The Labute approximate surface area is 189 Å². The van der Waals surface area contributed by atoms with E-state index in [4.69, 9.17) is 21.3 Å². The molecule has 4 rings (SSSR count). The van der Waals surface area contributed by atoms with Crippen molar-refractivity contribution in [3.8, 4) is 11.1 Å². The van der Waals surface area contributed by atoms with Crippen LogP contribution in [0.25, 0.3) is 11.1 Å². The third-order valence-electron chi connectivity index (χ3n) is 6.25. The van der Waals surface area contributed by atoms with Crippen molar-refractivity contribution in [3.05, 3.63) is 41.2 Å². The summed E-state index contributed by atoms with van der Waals surface area (Å²) in [4.78, 5) is 26.2. The molecule has 2 aromatic rings. The molecule has 0 saturated carbocycles. The van der Waals surface area contributed by atoms with Gasteiger partial charge in [-0.25, -0.2) is 9.97 Å². The van der Waals surface area contributed by atoms with E-state index in [1.54, 1.807) is 0 Å². The number of amides is 1. The van der Waals surface area contributed by atoms with E-state index in [0.717, 1.165) is 68.6 Å². The smallest absolute Gasteiger partial charge is 0.225 e. The minimum Gasteiger partial charge on any atom is -0.378 e. The van der Waals surface area contributed by atoms with E-state index in [2.05, 4.69) is 4.98 Å². The number of benzene rings is 1. The second kappa shape index (κ2) is 9.96. The van der Waals surface area contributed by atoms with Gasteiger partial charge in [0, 0.05) is 56.5 Å². The van der Waals surface area contributed by atoms with E-state index >= 15 is 0 Å². The number of likely N-dealkylation sites (tertiary alicyclic amines) is 1.